The van der Waals surface area contributed by atoms with Gasteiger partial charge in [0.05, 0.1) is 5.02 Å². The molecular weight excluding hydrogens is 284 g/mol. The van der Waals surface area contributed by atoms with Gasteiger partial charge in [0, 0.05) is 17.3 Å². The van der Waals surface area contributed by atoms with Crippen LogP contribution in [0.2, 0.25) is 15.1 Å². The maximum Gasteiger partial charge on any atom is 0.238 e. The molecule has 88 valence electrons. The fraction of sp³-hybridized carbons (Fsp3) is 0. The third-order valence-corrected chi connectivity index (χ3v) is 2.61. The number of hydrogen-bond acceptors (Lipinski definition) is 3. The summed E-state index contributed by atoms with van der Waals surface area (Å²) < 4.78 is 5.34. The van der Waals surface area contributed by atoms with Crippen LogP contribution < -0.4 is 4.74 Å². The second kappa shape index (κ2) is 5.00. The molecule has 0 saturated heterocycles. The van der Waals surface area contributed by atoms with Crippen molar-refractivity contribution in [1.29, 1.82) is 0 Å². The van der Waals surface area contributed by atoms with Gasteiger partial charge in [0.1, 0.15) is 5.02 Å². The Morgan fingerprint density at radius 1 is 1.06 bits per heavy atom. The molecule has 6 heteroatoms. The SMILES string of the molecule is Oc1cc(Cl)ccc1Oc1ncc(Cl)cc1Cl. The molecule has 1 aromatic heterocycles. The van der Waals surface area contributed by atoms with Crippen LogP contribution in [0.1, 0.15) is 0 Å². The zero-order valence-electron chi connectivity index (χ0n) is 8.32. The molecule has 0 aliphatic heterocycles. The van der Waals surface area contributed by atoms with Crippen molar-refractivity contribution in [3.8, 4) is 17.4 Å². The maximum atomic E-state index is 9.59. The molecule has 0 saturated carbocycles. The van der Waals surface area contributed by atoms with Gasteiger partial charge in [-0.15, -0.1) is 0 Å². The van der Waals surface area contributed by atoms with Gasteiger partial charge in [0.25, 0.3) is 0 Å². The van der Waals surface area contributed by atoms with Gasteiger partial charge >= 0.3 is 0 Å². The van der Waals surface area contributed by atoms with Gasteiger partial charge in [0.15, 0.2) is 11.5 Å². The van der Waals surface area contributed by atoms with Crippen LogP contribution in [-0.2, 0) is 0 Å². The highest BCUT2D eigenvalue weighted by Crippen LogP contribution is 2.35. The van der Waals surface area contributed by atoms with Crippen molar-refractivity contribution >= 4 is 34.8 Å². The molecule has 0 amide bonds. The zero-order chi connectivity index (χ0) is 12.4. The van der Waals surface area contributed by atoms with E-state index in [1.165, 1.54) is 24.4 Å². The fourth-order valence-electron chi connectivity index (χ4n) is 1.16. The normalized spacial score (nSPS) is 10.3. The first-order valence-electron chi connectivity index (χ1n) is 4.53. The summed E-state index contributed by atoms with van der Waals surface area (Å²) in [5.74, 6) is 0.283. The van der Waals surface area contributed by atoms with E-state index in [1.807, 2.05) is 0 Å². The summed E-state index contributed by atoms with van der Waals surface area (Å²) >= 11 is 17.3. The standard InChI is InChI=1S/C11H6Cl3NO2/c12-6-1-2-10(9(16)4-6)17-11-8(14)3-7(13)5-15-11/h1-5,16H. The van der Waals surface area contributed by atoms with E-state index in [0.29, 0.717) is 10.0 Å². The average molecular weight is 291 g/mol. The molecule has 0 unspecified atom stereocenters. The van der Waals surface area contributed by atoms with Gasteiger partial charge in [0.2, 0.25) is 5.88 Å². The summed E-state index contributed by atoms with van der Waals surface area (Å²) in [4.78, 5) is 3.91. The number of phenolic OH excluding ortho intramolecular Hbond substituents is 1. The van der Waals surface area contributed by atoms with Gasteiger partial charge in [-0.25, -0.2) is 4.98 Å². The number of benzene rings is 1. The van der Waals surface area contributed by atoms with Crippen molar-refractivity contribution in [3.05, 3.63) is 45.5 Å². The van der Waals surface area contributed by atoms with Crippen molar-refractivity contribution < 1.29 is 9.84 Å². The molecular formula is C11H6Cl3NO2. The van der Waals surface area contributed by atoms with E-state index in [-0.39, 0.29) is 22.4 Å². The van der Waals surface area contributed by atoms with Gasteiger partial charge in [-0.1, -0.05) is 34.8 Å². The molecule has 0 spiro atoms. The van der Waals surface area contributed by atoms with E-state index < -0.39 is 0 Å². The molecule has 2 aromatic rings. The smallest absolute Gasteiger partial charge is 0.238 e. The van der Waals surface area contributed by atoms with Crippen LogP contribution in [0.5, 0.6) is 17.4 Å². The molecule has 3 nitrogen and oxygen atoms in total. The summed E-state index contributed by atoms with van der Waals surface area (Å²) in [6, 6.07) is 5.96. The third kappa shape index (κ3) is 2.94. The molecule has 17 heavy (non-hydrogen) atoms. The van der Waals surface area contributed by atoms with Gasteiger partial charge < -0.3 is 9.84 Å². The van der Waals surface area contributed by atoms with Crippen LogP contribution >= 0.6 is 34.8 Å². The Hall–Kier alpha value is -1.16. The first kappa shape index (κ1) is 12.3. The highest BCUT2D eigenvalue weighted by molar-refractivity contribution is 6.35. The number of nitrogens with zero attached hydrogens (tertiary/aromatic N) is 1. The largest absolute Gasteiger partial charge is 0.504 e. The Bertz CT molecular complexity index is 511. The number of pyridine rings is 1. The minimum absolute atomic E-state index is 0.0923. The molecule has 1 N–H and O–H groups in total. The Kier molecular flexibility index (Phi) is 3.62. The minimum Gasteiger partial charge on any atom is -0.504 e. The molecule has 0 fully saturated rings. The Morgan fingerprint density at radius 2 is 1.82 bits per heavy atom. The van der Waals surface area contributed by atoms with Crippen molar-refractivity contribution in [2.45, 2.75) is 0 Å². The number of aromatic nitrogens is 1. The summed E-state index contributed by atoms with van der Waals surface area (Å²) in [7, 11) is 0. The quantitative estimate of drug-likeness (QED) is 0.883. The fourth-order valence-corrected chi connectivity index (χ4v) is 1.74. The number of ether oxygens (including phenoxy) is 1. The molecule has 1 aromatic carbocycles. The third-order valence-electron chi connectivity index (χ3n) is 1.90. The maximum absolute atomic E-state index is 9.59. The molecule has 0 aliphatic rings. The van der Waals surface area contributed by atoms with Crippen LogP contribution in [0, 0.1) is 0 Å². The van der Waals surface area contributed by atoms with Gasteiger partial charge in [-0.05, 0) is 18.2 Å². The van der Waals surface area contributed by atoms with Crippen LogP contribution in [0.3, 0.4) is 0 Å². The van der Waals surface area contributed by atoms with E-state index in [2.05, 4.69) is 4.98 Å². The van der Waals surface area contributed by atoms with Crippen molar-refractivity contribution in [3.63, 3.8) is 0 Å². The molecule has 0 atom stereocenters. The summed E-state index contributed by atoms with van der Waals surface area (Å²) in [5.41, 5.74) is 0. The Balaban J connectivity index is 2.31. The predicted molar refractivity (Wildman–Crippen MR) is 67.4 cm³/mol. The van der Waals surface area contributed by atoms with Crippen LogP contribution in [0.15, 0.2) is 30.5 Å². The lowest BCUT2D eigenvalue weighted by Crippen LogP contribution is -1.89. The lowest BCUT2D eigenvalue weighted by Gasteiger charge is -2.08. The zero-order valence-corrected chi connectivity index (χ0v) is 10.6. The lowest BCUT2D eigenvalue weighted by molar-refractivity contribution is 0.403. The number of hydrogen-bond donors (Lipinski definition) is 1. The van der Waals surface area contributed by atoms with Crippen LogP contribution in [-0.4, -0.2) is 10.1 Å². The summed E-state index contributed by atoms with van der Waals surface area (Å²) in [5, 5.41) is 10.7. The van der Waals surface area contributed by atoms with Gasteiger partial charge in [-0.3, -0.25) is 0 Å². The van der Waals surface area contributed by atoms with E-state index in [4.69, 9.17) is 39.5 Å². The average Bonchev–Trinajstić information content (AvgIpc) is 2.25. The predicted octanol–water partition coefficient (Wildman–Crippen LogP) is 4.54. The van der Waals surface area contributed by atoms with E-state index >= 15 is 0 Å². The molecule has 0 aliphatic carbocycles. The van der Waals surface area contributed by atoms with Crippen LogP contribution in [0.4, 0.5) is 0 Å². The topological polar surface area (TPSA) is 42.4 Å². The van der Waals surface area contributed by atoms with Gasteiger partial charge in [-0.2, -0.15) is 0 Å². The lowest BCUT2D eigenvalue weighted by atomic mass is 10.3. The Morgan fingerprint density at radius 3 is 2.47 bits per heavy atom. The summed E-state index contributed by atoms with van der Waals surface area (Å²) in [6.45, 7) is 0. The van der Waals surface area contributed by atoms with Crippen molar-refractivity contribution in [2.75, 3.05) is 0 Å². The second-order valence-corrected chi connectivity index (χ2v) is 4.43. The highest BCUT2D eigenvalue weighted by atomic mass is 35.5. The monoisotopic (exact) mass is 289 g/mol. The van der Waals surface area contributed by atoms with E-state index in [1.54, 1.807) is 6.07 Å². The molecule has 0 radical (unpaired) electrons. The molecule has 1 heterocycles. The second-order valence-electron chi connectivity index (χ2n) is 3.15. The minimum atomic E-state index is -0.0923. The van der Waals surface area contributed by atoms with E-state index in [9.17, 15) is 5.11 Å². The summed E-state index contributed by atoms with van der Waals surface area (Å²) in [6.07, 6.45) is 1.40. The number of rotatable bonds is 2. The first-order chi connectivity index (χ1) is 8.06. The number of phenols is 1. The Labute approximate surface area is 113 Å². The first-order valence-corrected chi connectivity index (χ1v) is 5.67. The van der Waals surface area contributed by atoms with Crippen molar-refractivity contribution in [2.24, 2.45) is 0 Å². The number of halogens is 3. The molecule has 2 rings (SSSR count). The number of aromatic hydroxyl groups is 1. The highest BCUT2D eigenvalue weighted by Gasteiger charge is 2.09. The van der Waals surface area contributed by atoms with Crippen LogP contribution in [0.25, 0.3) is 0 Å². The molecule has 0 bridgehead atoms. The van der Waals surface area contributed by atoms with E-state index in [0.717, 1.165) is 0 Å². The van der Waals surface area contributed by atoms with Crippen molar-refractivity contribution in [1.82, 2.24) is 4.98 Å².